The van der Waals surface area contributed by atoms with Crippen molar-refractivity contribution in [1.29, 1.82) is 0 Å². The van der Waals surface area contributed by atoms with Gasteiger partial charge in [-0.2, -0.15) is 4.98 Å². The van der Waals surface area contributed by atoms with E-state index in [2.05, 4.69) is 20.4 Å². The van der Waals surface area contributed by atoms with Gasteiger partial charge in [-0.3, -0.25) is 4.79 Å². The van der Waals surface area contributed by atoms with Gasteiger partial charge in [-0.05, 0) is 24.3 Å². The molecule has 28 heavy (non-hydrogen) atoms. The fourth-order valence-electron chi connectivity index (χ4n) is 2.65. The number of anilines is 1. The summed E-state index contributed by atoms with van der Waals surface area (Å²) in [6.07, 6.45) is 3.25. The zero-order chi connectivity index (χ0) is 19.3. The van der Waals surface area contributed by atoms with Crippen molar-refractivity contribution in [2.24, 2.45) is 0 Å². The van der Waals surface area contributed by atoms with Crippen LogP contribution in [0.2, 0.25) is 0 Å². The second-order valence-corrected chi connectivity index (χ2v) is 6.00. The lowest BCUT2D eigenvalue weighted by Gasteiger charge is -2.07. The van der Waals surface area contributed by atoms with Crippen molar-refractivity contribution in [3.05, 3.63) is 67.1 Å². The highest BCUT2D eigenvalue weighted by Crippen LogP contribution is 2.21. The van der Waals surface area contributed by atoms with Crippen LogP contribution in [0, 0.1) is 0 Å². The highest BCUT2D eigenvalue weighted by molar-refractivity contribution is 5.90. The van der Waals surface area contributed by atoms with E-state index in [1.54, 1.807) is 36.3 Å². The first-order valence-corrected chi connectivity index (χ1v) is 8.56. The summed E-state index contributed by atoms with van der Waals surface area (Å²) in [6.45, 7) is 0.105. The summed E-state index contributed by atoms with van der Waals surface area (Å²) in [6, 6.07) is 16.7. The number of carbonyl (C=O) groups is 1. The van der Waals surface area contributed by atoms with Gasteiger partial charge in [-0.25, -0.2) is 4.98 Å². The molecule has 1 N–H and O–H groups in total. The van der Waals surface area contributed by atoms with Crippen LogP contribution in [0.4, 0.5) is 5.69 Å². The van der Waals surface area contributed by atoms with Crippen molar-refractivity contribution in [3.8, 4) is 28.7 Å². The van der Waals surface area contributed by atoms with Crippen LogP contribution in [0.15, 0.2) is 71.6 Å². The summed E-state index contributed by atoms with van der Waals surface area (Å²) >= 11 is 0. The standard InChI is InChI=1S/C20H17N5O3/c1-27-16-9-5-8-15(10-16)22-18(26)12-25-11-17(21-13-25)19-23-20(28-24-19)14-6-3-2-4-7-14/h2-11,13H,12H2,1H3,(H,22,26). The third kappa shape index (κ3) is 3.90. The molecule has 0 unspecified atom stereocenters. The Hall–Kier alpha value is -3.94. The first kappa shape index (κ1) is 17.5. The first-order chi connectivity index (χ1) is 13.7. The largest absolute Gasteiger partial charge is 0.497 e. The predicted molar refractivity (Wildman–Crippen MR) is 103 cm³/mol. The number of amides is 1. The van der Waals surface area contributed by atoms with Crippen molar-refractivity contribution in [2.45, 2.75) is 6.54 Å². The van der Waals surface area contributed by atoms with Crippen molar-refractivity contribution < 1.29 is 14.1 Å². The number of aromatic nitrogens is 4. The Balaban J connectivity index is 1.43. The molecular formula is C20H17N5O3. The van der Waals surface area contributed by atoms with Gasteiger partial charge in [0, 0.05) is 23.5 Å². The van der Waals surface area contributed by atoms with Gasteiger partial charge < -0.3 is 19.1 Å². The van der Waals surface area contributed by atoms with E-state index in [4.69, 9.17) is 9.26 Å². The molecule has 0 fully saturated rings. The van der Waals surface area contributed by atoms with E-state index >= 15 is 0 Å². The van der Waals surface area contributed by atoms with Crippen molar-refractivity contribution in [3.63, 3.8) is 0 Å². The number of imidazole rings is 1. The molecule has 1 amide bonds. The van der Waals surface area contributed by atoms with Crippen LogP contribution in [0.3, 0.4) is 0 Å². The Morgan fingerprint density at radius 1 is 1.18 bits per heavy atom. The van der Waals surface area contributed by atoms with Crippen LogP contribution >= 0.6 is 0 Å². The van der Waals surface area contributed by atoms with Crippen LogP contribution in [0.25, 0.3) is 23.0 Å². The van der Waals surface area contributed by atoms with E-state index in [0.29, 0.717) is 28.8 Å². The molecule has 0 aliphatic carbocycles. The summed E-state index contributed by atoms with van der Waals surface area (Å²) in [4.78, 5) is 20.9. The van der Waals surface area contributed by atoms with E-state index in [1.165, 1.54) is 0 Å². The Kier molecular flexibility index (Phi) is 4.83. The number of ether oxygens (including phenoxy) is 1. The number of hydrogen-bond acceptors (Lipinski definition) is 6. The predicted octanol–water partition coefficient (Wildman–Crippen LogP) is 3.25. The van der Waals surface area contributed by atoms with Crippen LogP contribution in [-0.2, 0) is 11.3 Å². The third-order valence-corrected chi connectivity index (χ3v) is 3.99. The van der Waals surface area contributed by atoms with Crippen molar-refractivity contribution in [1.82, 2.24) is 19.7 Å². The topological polar surface area (TPSA) is 95.1 Å². The zero-order valence-electron chi connectivity index (χ0n) is 15.1. The Morgan fingerprint density at radius 3 is 2.86 bits per heavy atom. The van der Waals surface area contributed by atoms with E-state index in [9.17, 15) is 4.79 Å². The molecule has 4 rings (SSSR count). The van der Waals surface area contributed by atoms with Crippen LogP contribution in [-0.4, -0.2) is 32.7 Å². The molecule has 0 saturated heterocycles. The Bertz CT molecular complexity index is 1090. The normalized spacial score (nSPS) is 10.6. The molecule has 2 aromatic carbocycles. The molecular weight excluding hydrogens is 358 g/mol. The summed E-state index contributed by atoms with van der Waals surface area (Å²) in [7, 11) is 1.58. The smallest absolute Gasteiger partial charge is 0.258 e. The molecule has 140 valence electrons. The zero-order valence-corrected chi connectivity index (χ0v) is 15.1. The molecule has 8 nitrogen and oxygen atoms in total. The summed E-state index contributed by atoms with van der Waals surface area (Å²) in [5, 5.41) is 6.79. The molecule has 2 heterocycles. The molecule has 0 bridgehead atoms. The highest BCUT2D eigenvalue weighted by atomic mass is 16.5. The Morgan fingerprint density at radius 2 is 2.04 bits per heavy atom. The average Bonchev–Trinajstić information content (AvgIpc) is 3.38. The van der Waals surface area contributed by atoms with Gasteiger partial charge in [0.1, 0.15) is 18.0 Å². The molecule has 0 aliphatic rings. The number of nitrogens with zero attached hydrogens (tertiary/aromatic N) is 4. The molecule has 0 spiro atoms. The SMILES string of the molecule is COc1cccc(NC(=O)Cn2cnc(-c3noc(-c4ccccc4)n3)c2)c1. The minimum Gasteiger partial charge on any atom is -0.497 e. The van der Waals surface area contributed by atoms with Crippen molar-refractivity contribution in [2.75, 3.05) is 12.4 Å². The van der Waals surface area contributed by atoms with Crippen LogP contribution in [0.5, 0.6) is 5.75 Å². The number of methoxy groups -OCH3 is 1. The lowest BCUT2D eigenvalue weighted by molar-refractivity contribution is -0.116. The van der Waals surface area contributed by atoms with Gasteiger partial charge >= 0.3 is 0 Å². The van der Waals surface area contributed by atoms with E-state index in [1.807, 2.05) is 42.5 Å². The van der Waals surface area contributed by atoms with Gasteiger partial charge in [-0.1, -0.05) is 29.4 Å². The third-order valence-electron chi connectivity index (χ3n) is 3.99. The van der Waals surface area contributed by atoms with E-state index < -0.39 is 0 Å². The molecule has 0 saturated carbocycles. The fourth-order valence-corrected chi connectivity index (χ4v) is 2.65. The van der Waals surface area contributed by atoms with Crippen molar-refractivity contribution >= 4 is 11.6 Å². The number of hydrogen-bond donors (Lipinski definition) is 1. The molecule has 0 aliphatic heterocycles. The van der Waals surface area contributed by atoms with E-state index in [-0.39, 0.29) is 12.5 Å². The highest BCUT2D eigenvalue weighted by Gasteiger charge is 2.13. The first-order valence-electron chi connectivity index (χ1n) is 8.56. The molecule has 0 atom stereocenters. The van der Waals surface area contributed by atoms with Gasteiger partial charge in [0.25, 0.3) is 5.89 Å². The van der Waals surface area contributed by atoms with E-state index in [0.717, 1.165) is 5.56 Å². The quantitative estimate of drug-likeness (QED) is 0.556. The summed E-state index contributed by atoms with van der Waals surface area (Å²) in [5.74, 6) is 1.27. The molecule has 4 aromatic rings. The monoisotopic (exact) mass is 375 g/mol. The van der Waals surface area contributed by atoms with Gasteiger partial charge in [0.2, 0.25) is 11.7 Å². The second-order valence-electron chi connectivity index (χ2n) is 6.00. The van der Waals surface area contributed by atoms with Crippen LogP contribution < -0.4 is 10.1 Å². The maximum Gasteiger partial charge on any atom is 0.258 e. The van der Waals surface area contributed by atoms with Gasteiger partial charge in [0.05, 0.1) is 13.4 Å². The number of carbonyl (C=O) groups excluding carboxylic acids is 1. The maximum absolute atomic E-state index is 12.3. The van der Waals surface area contributed by atoms with Gasteiger partial charge in [0.15, 0.2) is 0 Å². The number of nitrogens with one attached hydrogen (secondary N) is 1. The minimum absolute atomic E-state index is 0.105. The molecule has 0 radical (unpaired) electrons. The summed E-state index contributed by atoms with van der Waals surface area (Å²) < 4.78 is 12.1. The lowest BCUT2D eigenvalue weighted by Crippen LogP contribution is -2.17. The molecule has 2 aromatic heterocycles. The average molecular weight is 375 g/mol. The van der Waals surface area contributed by atoms with Crippen LogP contribution in [0.1, 0.15) is 0 Å². The number of benzene rings is 2. The summed E-state index contributed by atoms with van der Waals surface area (Å²) in [5.41, 5.74) is 2.02. The van der Waals surface area contributed by atoms with Gasteiger partial charge in [-0.15, -0.1) is 0 Å². The molecule has 8 heteroatoms. The lowest BCUT2D eigenvalue weighted by atomic mass is 10.2. The second kappa shape index (κ2) is 7.75. The maximum atomic E-state index is 12.3. The number of rotatable bonds is 6. The fraction of sp³-hybridized carbons (Fsp3) is 0.100. The minimum atomic E-state index is -0.185. The Labute approximate surface area is 160 Å².